The standard InChI is InChI=1S/5CH3.10W/h5*1H3;;;;;;;;;;/q5*-1;;;;;;;;;;+2. The molecule has 10 heteroatoms. The zero-order valence-corrected chi connectivity index (χ0v) is 38.4. The van der Waals surface area contributed by atoms with Crippen molar-refractivity contribution in [2.75, 3.05) is 0 Å². The van der Waals surface area contributed by atoms with Gasteiger partial charge in [0.1, 0.15) is 0 Å². The van der Waals surface area contributed by atoms with Crippen LogP contribution in [0.2, 0.25) is 0 Å². The Bertz CT molecular complexity index is 13.8. The maximum Gasteiger partial charge on any atom is 2.00 e. The van der Waals surface area contributed by atoms with E-state index in [0.29, 0.717) is 0 Å². The molecule has 0 aromatic carbocycles. The molecule has 0 aromatic rings. The molecule has 0 aliphatic heterocycles. The third-order valence-corrected chi connectivity index (χ3v) is 0. The van der Waals surface area contributed by atoms with Crippen LogP contribution >= 0.6 is 0 Å². The molecule has 0 N–H and O–H groups in total. The van der Waals surface area contributed by atoms with Gasteiger partial charge >= 0.3 is 21.1 Å². The van der Waals surface area contributed by atoms with Gasteiger partial charge in [-0.25, -0.2) is 0 Å². The summed E-state index contributed by atoms with van der Waals surface area (Å²) in [5, 5.41) is 0. The van der Waals surface area contributed by atoms with E-state index in [2.05, 4.69) is 0 Å². The van der Waals surface area contributed by atoms with E-state index < -0.39 is 0 Å². The fraction of sp³-hybridized carbons (Fsp3) is 0. The van der Waals surface area contributed by atoms with Gasteiger partial charge in [-0.3, -0.25) is 0 Å². The molecular formula is C5H15W10-3. The fourth-order valence-corrected chi connectivity index (χ4v) is 0. The van der Waals surface area contributed by atoms with Crippen molar-refractivity contribution in [3.63, 3.8) is 0 Å². The number of rotatable bonds is 0. The quantitative estimate of drug-likeness (QED) is 0.327. The topological polar surface area (TPSA) is 0 Å². The number of hydrogen-bond acceptors (Lipinski definition) is 0. The van der Waals surface area contributed by atoms with Crippen LogP contribution < -0.4 is 0 Å². The summed E-state index contributed by atoms with van der Waals surface area (Å²) in [5.41, 5.74) is 0. The van der Waals surface area contributed by atoms with Gasteiger partial charge in [0.05, 0.1) is 0 Å². The van der Waals surface area contributed by atoms with Crippen LogP contribution in [0, 0.1) is 37.1 Å². The maximum atomic E-state index is 0. The zero-order valence-electron chi connectivity index (χ0n) is 9.08. The van der Waals surface area contributed by atoms with Gasteiger partial charge in [-0.2, -0.15) is 0 Å². The molecule has 0 amide bonds. The van der Waals surface area contributed by atoms with Crippen LogP contribution in [-0.2, 0) is 211 Å². The predicted octanol–water partition coefficient (Wildman–Crippen LogP) is 2.23. The van der Waals surface area contributed by atoms with Crippen molar-refractivity contribution >= 4 is 0 Å². The van der Waals surface area contributed by atoms with E-state index in [1.165, 1.54) is 0 Å². The van der Waals surface area contributed by atoms with Crippen LogP contribution in [0.5, 0.6) is 0 Å². The van der Waals surface area contributed by atoms with Crippen LogP contribution in [0.4, 0.5) is 0 Å². The molecule has 0 atom stereocenters. The van der Waals surface area contributed by atoms with Gasteiger partial charge in [-0.1, -0.05) is 0 Å². The summed E-state index contributed by atoms with van der Waals surface area (Å²) in [5.74, 6) is 0. The molecule has 0 heterocycles. The van der Waals surface area contributed by atoms with Crippen LogP contribution in [0.25, 0.3) is 0 Å². The predicted molar refractivity (Wildman–Crippen MR) is 32.1 cm³/mol. The van der Waals surface area contributed by atoms with Gasteiger partial charge < -0.3 is 37.1 Å². The summed E-state index contributed by atoms with van der Waals surface area (Å²) in [6.07, 6.45) is 0. The maximum absolute atomic E-state index is 0. The molecule has 0 nitrogen and oxygen atoms in total. The molecule has 0 spiro atoms. The average molecular weight is 1910 g/mol. The van der Waals surface area contributed by atoms with E-state index in [0.717, 1.165) is 0 Å². The van der Waals surface area contributed by atoms with Crippen molar-refractivity contribution < 1.29 is 211 Å². The summed E-state index contributed by atoms with van der Waals surface area (Å²) in [4.78, 5) is 0. The largest absolute Gasteiger partial charge is 2.00 e. The molecule has 98 valence electrons. The van der Waals surface area contributed by atoms with E-state index in [-0.39, 0.29) is 248 Å². The van der Waals surface area contributed by atoms with Gasteiger partial charge in [0.2, 0.25) is 0 Å². The number of hydrogen-bond donors (Lipinski definition) is 0. The monoisotopic (exact) mass is 1910 g/mol. The molecule has 0 fully saturated rings. The Kier molecular flexibility index (Phi) is 2340. The molecule has 0 rings (SSSR count). The average Bonchev–Trinajstić information content (AvgIpc) is 0. The van der Waals surface area contributed by atoms with Crippen LogP contribution in [-0.4, -0.2) is 0 Å². The third kappa shape index (κ3) is 157. The van der Waals surface area contributed by atoms with Crippen molar-refractivity contribution in [2.45, 2.75) is 0 Å². The minimum atomic E-state index is 0. The Hall–Kier alpha value is 6.88. The second-order valence-electron chi connectivity index (χ2n) is 0. The van der Waals surface area contributed by atoms with E-state index >= 15 is 0 Å². The van der Waals surface area contributed by atoms with Crippen LogP contribution in [0.1, 0.15) is 0 Å². The molecule has 0 saturated carbocycles. The normalized spacial score (nSPS) is 0. The summed E-state index contributed by atoms with van der Waals surface area (Å²) in [6, 6.07) is 0. The second kappa shape index (κ2) is 174. The van der Waals surface area contributed by atoms with E-state index in [1.807, 2.05) is 0 Å². The summed E-state index contributed by atoms with van der Waals surface area (Å²) >= 11 is 0. The summed E-state index contributed by atoms with van der Waals surface area (Å²) in [6.45, 7) is 0. The van der Waals surface area contributed by atoms with Gasteiger partial charge in [-0.05, 0) is 0 Å². The molecule has 0 bridgehead atoms. The van der Waals surface area contributed by atoms with Gasteiger partial charge in [0.15, 0.2) is 0 Å². The molecule has 0 unspecified atom stereocenters. The molecule has 0 aliphatic rings. The van der Waals surface area contributed by atoms with Crippen molar-refractivity contribution in [3.05, 3.63) is 37.1 Å². The minimum absolute atomic E-state index is 0. The van der Waals surface area contributed by atoms with Gasteiger partial charge in [-0.15, -0.1) is 0 Å². The van der Waals surface area contributed by atoms with Crippen molar-refractivity contribution in [1.82, 2.24) is 0 Å². The van der Waals surface area contributed by atoms with Crippen molar-refractivity contribution in [1.29, 1.82) is 0 Å². The zero-order chi connectivity index (χ0) is 0. The van der Waals surface area contributed by atoms with E-state index in [9.17, 15) is 0 Å². The first kappa shape index (κ1) is 201. The smallest absolute Gasteiger partial charge is 0.358 e. The summed E-state index contributed by atoms with van der Waals surface area (Å²) in [7, 11) is 0. The van der Waals surface area contributed by atoms with Gasteiger partial charge in [0.25, 0.3) is 0 Å². The Labute approximate surface area is 242 Å². The second-order valence-corrected chi connectivity index (χ2v) is 0. The van der Waals surface area contributed by atoms with E-state index in [1.54, 1.807) is 0 Å². The molecule has 0 saturated heterocycles. The molecular weight excluding hydrogens is 1900 g/mol. The molecule has 0 radical (unpaired) electrons. The Morgan fingerprint density at radius 2 is 0.200 bits per heavy atom. The Morgan fingerprint density at radius 1 is 0.200 bits per heavy atom. The first-order valence-corrected chi connectivity index (χ1v) is 0. The Balaban J connectivity index is 0. The summed E-state index contributed by atoms with van der Waals surface area (Å²) < 4.78 is 0. The van der Waals surface area contributed by atoms with Crippen molar-refractivity contribution in [2.24, 2.45) is 0 Å². The third-order valence-electron chi connectivity index (χ3n) is 0. The fourth-order valence-electron chi connectivity index (χ4n) is 0. The Morgan fingerprint density at radius 3 is 0.200 bits per heavy atom. The van der Waals surface area contributed by atoms with Crippen LogP contribution in [0.3, 0.4) is 0 Å². The molecule has 15 heavy (non-hydrogen) atoms. The first-order valence-electron chi connectivity index (χ1n) is 0. The van der Waals surface area contributed by atoms with Crippen molar-refractivity contribution in [3.8, 4) is 0 Å². The first-order chi connectivity index (χ1) is 0. The minimum Gasteiger partial charge on any atom is -0.358 e. The van der Waals surface area contributed by atoms with Crippen LogP contribution in [0.15, 0.2) is 0 Å². The SMILES string of the molecule is [CH3-].[CH3-].[CH3-].[CH3-].[CH3-].[W+2].[W].[W].[W].[W].[W].[W].[W].[W].[W]. The van der Waals surface area contributed by atoms with E-state index in [4.69, 9.17) is 0 Å². The molecule has 0 aliphatic carbocycles. The van der Waals surface area contributed by atoms with Gasteiger partial charge in [0, 0.05) is 190 Å². The molecule has 0 aromatic heterocycles.